The second-order valence-corrected chi connectivity index (χ2v) is 5.08. The predicted octanol–water partition coefficient (Wildman–Crippen LogP) is 3.54. The van der Waals surface area contributed by atoms with Gasteiger partial charge < -0.3 is 5.32 Å². The van der Waals surface area contributed by atoms with E-state index in [9.17, 15) is 4.39 Å². The van der Waals surface area contributed by atoms with Gasteiger partial charge in [0.2, 0.25) is 0 Å². The summed E-state index contributed by atoms with van der Waals surface area (Å²) in [5.74, 6) is 0.591. The highest BCUT2D eigenvalue weighted by Gasteiger charge is 2.26. The normalized spacial score (nSPS) is 24.1. The van der Waals surface area contributed by atoms with E-state index in [2.05, 4.69) is 12.2 Å². The number of halogens is 1. The van der Waals surface area contributed by atoms with Crippen LogP contribution < -0.4 is 5.32 Å². The minimum Gasteiger partial charge on any atom is -0.314 e. The van der Waals surface area contributed by atoms with Crippen molar-refractivity contribution in [3.05, 3.63) is 35.6 Å². The summed E-state index contributed by atoms with van der Waals surface area (Å²) < 4.78 is 12.8. The van der Waals surface area contributed by atoms with Gasteiger partial charge in [-0.05, 0) is 55.8 Å². The lowest BCUT2D eigenvalue weighted by Gasteiger charge is -2.21. The van der Waals surface area contributed by atoms with Crippen LogP contribution in [0.5, 0.6) is 0 Å². The lowest BCUT2D eigenvalue weighted by Crippen LogP contribution is -2.33. The Morgan fingerprint density at radius 1 is 1.24 bits per heavy atom. The summed E-state index contributed by atoms with van der Waals surface area (Å²) in [5.41, 5.74) is 1.27. The highest BCUT2D eigenvalue weighted by Crippen LogP contribution is 2.28. The summed E-state index contributed by atoms with van der Waals surface area (Å²) in [6.45, 7) is 3.32. The average Bonchev–Trinajstić information content (AvgIpc) is 2.77. The lowest BCUT2D eigenvalue weighted by molar-refractivity contribution is 0.399. The maximum atomic E-state index is 12.8. The molecule has 0 saturated heterocycles. The van der Waals surface area contributed by atoms with Crippen molar-refractivity contribution in [2.24, 2.45) is 5.92 Å². The van der Waals surface area contributed by atoms with Gasteiger partial charge in [0.25, 0.3) is 0 Å². The largest absolute Gasteiger partial charge is 0.314 e. The second kappa shape index (κ2) is 6.15. The molecule has 94 valence electrons. The van der Waals surface area contributed by atoms with Crippen LogP contribution in [-0.2, 0) is 6.42 Å². The Balaban J connectivity index is 1.90. The molecule has 1 aliphatic rings. The molecule has 0 radical (unpaired) electrons. The molecule has 1 nitrogen and oxygen atoms in total. The molecular weight excluding hydrogens is 213 g/mol. The van der Waals surface area contributed by atoms with Crippen molar-refractivity contribution in [2.75, 3.05) is 6.54 Å². The summed E-state index contributed by atoms with van der Waals surface area (Å²) in [6, 6.07) is 7.65. The molecule has 0 heterocycles. The molecule has 0 aliphatic heterocycles. The SMILES string of the molecule is CCCNC1CCCC1Cc1ccc(F)cc1. The fourth-order valence-corrected chi connectivity index (χ4v) is 2.80. The Labute approximate surface area is 103 Å². The van der Waals surface area contributed by atoms with Crippen LogP contribution in [0.25, 0.3) is 0 Å². The summed E-state index contributed by atoms with van der Waals surface area (Å²) >= 11 is 0. The molecule has 1 fully saturated rings. The average molecular weight is 235 g/mol. The zero-order valence-corrected chi connectivity index (χ0v) is 10.6. The second-order valence-electron chi connectivity index (χ2n) is 5.08. The van der Waals surface area contributed by atoms with Gasteiger partial charge in [-0.15, -0.1) is 0 Å². The van der Waals surface area contributed by atoms with Crippen molar-refractivity contribution in [3.63, 3.8) is 0 Å². The standard InChI is InChI=1S/C15H22FN/c1-2-10-17-15-5-3-4-13(15)11-12-6-8-14(16)9-7-12/h6-9,13,15,17H,2-5,10-11H2,1H3. The van der Waals surface area contributed by atoms with Crippen LogP contribution in [0.2, 0.25) is 0 Å². The van der Waals surface area contributed by atoms with Crippen LogP contribution >= 0.6 is 0 Å². The van der Waals surface area contributed by atoms with Gasteiger partial charge >= 0.3 is 0 Å². The van der Waals surface area contributed by atoms with Gasteiger partial charge in [-0.3, -0.25) is 0 Å². The van der Waals surface area contributed by atoms with Crippen LogP contribution in [0, 0.1) is 11.7 Å². The summed E-state index contributed by atoms with van der Waals surface area (Å²) in [5, 5.41) is 3.64. The van der Waals surface area contributed by atoms with Crippen LogP contribution in [0.1, 0.15) is 38.2 Å². The van der Waals surface area contributed by atoms with Gasteiger partial charge in [0.1, 0.15) is 5.82 Å². The Morgan fingerprint density at radius 3 is 2.71 bits per heavy atom. The molecule has 2 atom stereocenters. The van der Waals surface area contributed by atoms with Crippen LogP contribution in [0.4, 0.5) is 4.39 Å². The third-order valence-electron chi connectivity index (χ3n) is 3.73. The van der Waals surface area contributed by atoms with E-state index in [-0.39, 0.29) is 5.82 Å². The topological polar surface area (TPSA) is 12.0 Å². The first-order valence-electron chi connectivity index (χ1n) is 6.77. The van der Waals surface area contributed by atoms with Crippen molar-refractivity contribution in [1.82, 2.24) is 5.32 Å². The van der Waals surface area contributed by atoms with Crippen LogP contribution in [0.3, 0.4) is 0 Å². The monoisotopic (exact) mass is 235 g/mol. The number of nitrogens with one attached hydrogen (secondary N) is 1. The Bertz CT molecular complexity index is 333. The first-order valence-corrected chi connectivity index (χ1v) is 6.77. The number of rotatable bonds is 5. The Morgan fingerprint density at radius 2 is 2.00 bits per heavy atom. The zero-order valence-electron chi connectivity index (χ0n) is 10.6. The molecule has 2 heteroatoms. The maximum Gasteiger partial charge on any atom is 0.123 e. The molecule has 0 bridgehead atoms. The van der Waals surface area contributed by atoms with Gasteiger partial charge in [-0.25, -0.2) is 4.39 Å². The third kappa shape index (κ3) is 3.53. The van der Waals surface area contributed by atoms with Crippen molar-refractivity contribution >= 4 is 0 Å². The summed E-state index contributed by atoms with van der Waals surface area (Å²) in [6.07, 6.45) is 6.21. The highest BCUT2D eigenvalue weighted by molar-refractivity contribution is 5.17. The fourth-order valence-electron chi connectivity index (χ4n) is 2.80. The quantitative estimate of drug-likeness (QED) is 0.823. The van der Waals surface area contributed by atoms with Crippen molar-refractivity contribution in [2.45, 2.75) is 45.1 Å². The van der Waals surface area contributed by atoms with Gasteiger partial charge in [-0.1, -0.05) is 25.5 Å². The molecule has 2 unspecified atom stereocenters. The Hall–Kier alpha value is -0.890. The van der Waals surface area contributed by atoms with Gasteiger partial charge in [0.05, 0.1) is 0 Å². The summed E-state index contributed by atoms with van der Waals surface area (Å²) in [7, 11) is 0. The van der Waals surface area contributed by atoms with E-state index in [1.165, 1.54) is 31.2 Å². The molecule has 17 heavy (non-hydrogen) atoms. The molecule has 1 aliphatic carbocycles. The maximum absolute atomic E-state index is 12.8. The minimum absolute atomic E-state index is 0.138. The molecule has 0 spiro atoms. The van der Waals surface area contributed by atoms with Gasteiger partial charge in [0.15, 0.2) is 0 Å². The Kier molecular flexibility index (Phi) is 4.55. The smallest absolute Gasteiger partial charge is 0.123 e. The third-order valence-corrected chi connectivity index (χ3v) is 3.73. The van der Waals surface area contributed by atoms with E-state index in [0.717, 1.165) is 18.9 Å². The number of benzene rings is 1. The molecule has 1 N–H and O–H groups in total. The van der Waals surface area contributed by atoms with E-state index < -0.39 is 0 Å². The fraction of sp³-hybridized carbons (Fsp3) is 0.600. The highest BCUT2D eigenvalue weighted by atomic mass is 19.1. The van der Waals surface area contributed by atoms with Crippen LogP contribution in [0.15, 0.2) is 24.3 Å². The number of hydrogen-bond donors (Lipinski definition) is 1. The van der Waals surface area contributed by atoms with Crippen molar-refractivity contribution in [1.29, 1.82) is 0 Å². The van der Waals surface area contributed by atoms with Crippen molar-refractivity contribution < 1.29 is 4.39 Å². The van der Waals surface area contributed by atoms with E-state index in [0.29, 0.717) is 6.04 Å². The molecule has 2 rings (SSSR count). The molecule has 0 aromatic heterocycles. The van der Waals surface area contributed by atoms with Crippen LogP contribution in [-0.4, -0.2) is 12.6 Å². The van der Waals surface area contributed by atoms with E-state index in [1.54, 1.807) is 12.1 Å². The van der Waals surface area contributed by atoms with Crippen molar-refractivity contribution in [3.8, 4) is 0 Å². The molecular formula is C15H22FN. The molecule has 1 aromatic rings. The van der Waals surface area contributed by atoms with Gasteiger partial charge in [0, 0.05) is 6.04 Å². The van der Waals surface area contributed by atoms with E-state index in [1.807, 2.05) is 12.1 Å². The van der Waals surface area contributed by atoms with E-state index in [4.69, 9.17) is 0 Å². The number of hydrogen-bond acceptors (Lipinski definition) is 1. The summed E-state index contributed by atoms with van der Waals surface area (Å²) in [4.78, 5) is 0. The molecule has 1 aromatic carbocycles. The first-order chi connectivity index (χ1) is 8.29. The minimum atomic E-state index is -0.138. The van der Waals surface area contributed by atoms with E-state index >= 15 is 0 Å². The predicted molar refractivity (Wildman–Crippen MR) is 69.5 cm³/mol. The van der Waals surface area contributed by atoms with Gasteiger partial charge in [-0.2, -0.15) is 0 Å². The molecule has 1 saturated carbocycles. The molecule has 0 amide bonds. The zero-order chi connectivity index (χ0) is 12.1. The first kappa shape index (κ1) is 12.6. The lowest BCUT2D eigenvalue weighted by atomic mass is 9.94.